The van der Waals surface area contributed by atoms with Gasteiger partial charge in [0.1, 0.15) is 0 Å². The molecule has 0 saturated carbocycles. The minimum Gasteiger partial charge on any atom is -0.361 e. The minimum atomic E-state index is 0.278. The van der Waals surface area contributed by atoms with Crippen LogP contribution >= 0.6 is 0 Å². The zero-order valence-corrected chi connectivity index (χ0v) is 12.7. The molecule has 2 aliphatic rings. The summed E-state index contributed by atoms with van der Waals surface area (Å²) in [6, 6.07) is 12.2. The number of benzene rings is 1. The molecule has 20 heavy (non-hydrogen) atoms. The summed E-state index contributed by atoms with van der Waals surface area (Å²) in [4.78, 5) is 2.65. The van der Waals surface area contributed by atoms with Crippen molar-refractivity contribution in [1.82, 2.24) is 4.57 Å². The highest BCUT2D eigenvalue weighted by Crippen LogP contribution is 2.59. The van der Waals surface area contributed by atoms with E-state index in [4.69, 9.17) is 0 Å². The number of nitrogens with zero attached hydrogens (tertiary/aromatic N) is 2. The van der Waals surface area contributed by atoms with Crippen molar-refractivity contribution in [3.05, 3.63) is 53.3 Å². The molecule has 2 bridgehead atoms. The first-order valence-corrected chi connectivity index (χ1v) is 7.53. The predicted octanol–water partition coefficient (Wildman–Crippen LogP) is 3.94. The molecule has 1 saturated heterocycles. The SMILES string of the molecule is Cc1ccccc1N1C2CC(C)(c3c2ccn3C)[C@@H]1C. The van der Waals surface area contributed by atoms with E-state index in [9.17, 15) is 0 Å². The minimum absolute atomic E-state index is 0.278. The maximum absolute atomic E-state index is 2.65. The van der Waals surface area contributed by atoms with Crippen LogP contribution in [0.25, 0.3) is 0 Å². The molecule has 0 radical (unpaired) electrons. The van der Waals surface area contributed by atoms with Gasteiger partial charge in [0.05, 0.1) is 6.04 Å². The number of rotatable bonds is 1. The van der Waals surface area contributed by atoms with Gasteiger partial charge < -0.3 is 9.47 Å². The van der Waals surface area contributed by atoms with Crippen LogP contribution in [0.3, 0.4) is 0 Å². The number of aromatic nitrogens is 1. The van der Waals surface area contributed by atoms with Gasteiger partial charge >= 0.3 is 0 Å². The van der Waals surface area contributed by atoms with Crippen molar-refractivity contribution in [1.29, 1.82) is 0 Å². The lowest BCUT2D eigenvalue weighted by Gasteiger charge is -2.40. The van der Waals surface area contributed by atoms with Gasteiger partial charge in [0.2, 0.25) is 0 Å². The van der Waals surface area contributed by atoms with Crippen LogP contribution in [0.15, 0.2) is 36.5 Å². The number of anilines is 1. The second-order valence-corrected chi connectivity index (χ2v) is 6.74. The second-order valence-electron chi connectivity index (χ2n) is 6.74. The monoisotopic (exact) mass is 266 g/mol. The third-order valence-electron chi connectivity index (χ3n) is 5.69. The largest absolute Gasteiger partial charge is 0.361 e. The van der Waals surface area contributed by atoms with Crippen LogP contribution in [-0.4, -0.2) is 10.6 Å². The molecule has 1 aromatic carbocycles. The van der Waals surface area contributed by atoms with E-state index < -0.39 is 0 Å². The van der Waals surface area contributed by atoms with E-state index in [1.54, 1.807) is 5.69 Å². The van der Waals surface area contributed by atoms with E-state index >= 15 is 0 Å². The van der Waals surface area contributed by atoms with Crippen molar-refractivity contribution in [2.24, 2.45) is 7.05 Å². The molecule has 1 fully saturated rings. The lowest BCUT2D eigenvalue weighted by atomic mass is 9.81. The average molecular weight is 266 g/mol. The Morgan fingerprint density at radius 1 is 1.20 bits per heavy atom. The first kappa shape index (κ1) is 12.1. The van der Waals surface area contributed by atoms with Crippen molar-refractivity contribution in [3.63, 3.8) is 0 Å². The summed E-state index contributed by atoms with van der Waals surface area (Å²) in [5.74, 6) is 0. The molecule has 3 atom stereocenters. The summed E-state index contributed by atoms with van der Waals surface area (Å²) in [7, 11) is 2.19. The van der Waals surface area contributed by atoms with Crippen molar-refractivity contribution in [2.45, 2.75) is 44.7 Å². The summed E-state index contributed by atoms with van der Waals surface area (Å²) in [5.41, 5.74) is 6.16. The predicted molar refractivity (Wildman–Crippen MR) is 83.2 cm³/mol. The Balaban J connectivity index is 1.89. The average Bonchev–Trinajstić information content (AvgIpc) is 3.01. The highest BCUT2D eigenvalue weighted by molar-refractivity contribution is 5.62. The quantitative estimate of drug-likeness (QED) is 0.759. The lowest BCUT2D eigenvalue weighted by Crippen LogP contribution is -2.43. The second kappa shape index (κ2) is 3.69. The van der Waals surface area contributed by atoms with E-state index in [1.165, 1.54) is 23.2 Å². The normalized spacial score (nSPS) is 30.9. The molecule has 1 aliphatic carbocycles. The van der Waals surface area contributed by atoms with Crippen LogP contribution in [0, 0.1) is 6.92 Å². The molecule has 0 spiro atoms. The van der Waals surface area contributed by atoms with E-state index in [1.807, 2.05) is 0 Å². The van der Waals surface area contributed by atoms with Crippen LogP contribution in [-0.2, 0) is 12.5 Å². The van der Waals surface area contributed by atoms with E-state index in [-0.39, 0.29) is 5.41 Å². The van der Waals surface area contributed by atoms with Gasteiger partial charge in [-0.25, -0.2) is 0 Å². The summed E-state index contributed by atoms with van der Waals surface area (Å²) in [6.45, 7) is 7.05. The molecule has 1 aliphatic heterocycles. The van der Waals surface area contributed by atoms with E-state index in [0.717, 1.165) is 0 Å². The third-order valence-corrected chi connectivity index (χ3v) is 5.69. The van der Waals surface area contributed by atoms with Crippen molar-refractivity contribution >= 4 is 5.69 Å². The number of hydrogen-bond donors (Lipinski definition) is 0. The third kappa shape index (κ3) is 1.25. The molecule has 0 amide bonds. The summed E-state index contributed by atoms with van der Waals surface area (Å²) in [6.07, 6.45) is 3.48. The van der Waals surface area contributed by atoms with Crippen LogP contribution in [0.5, 0.6) is 0 Å². The Morgan fingerprint density at radius 2 is 1.95 bits per heavy atom. The fourth-order valence-corrected chi connectivity index (χ4v) is 4.58. The molecule has 104 valence electrons. The molecule has 2 aromatic rings. The molecule has 2 unspecified atom stereocenters. The van der Waals surface area contributed by atoms with Gasteiger partial charge in [0.15, 0.2) is 0 Å². The smallest absolute Gasteiger partial charge is 0.0573 e. The Bertz CT molecular complexity index is 684. The molecular weight excluding hydrogens is 244 g/mol. The maximum Gasteiger partial charge on any atom is 0.0573 e. The van der Waals surface area contributed by atoms with Crippen LogP contribution in [0.4, 0.5) is 5.69 Å². The highest BCUT2D eigenvalue weighted by Gasteiger charge is 2.56. The molecule has 4 rings (SSSR count). The molecular formula is C18H22N2. The topological polar surface area (TPSA) is 8.17 Å². The number of aryl methyl sites for hydroxylation is 2. The van der Waals surface area contributed by atoms with Gasteiger partial charge in [0.25, 0.3) is 0 Å². The van der Waals surface area contributed by atoms with Gasteiger partial charge in [-0.2, -0.15) is 0 Å². The molecule has 2 heterocycles. The standard InChI is InChI=1S/C18H22N2/c1-12-7-5-6-8-15(12)20-13(2)18(3)11-16(20)14-9-10-19(4)17(14)18/h5-10,13,16H,11H2,1-4H3/t13-,16?,18?/m0/s1. The lowest BCUT2D eigenvalue weighted by molar-refractivity contribution is 0.424. The molecule has 2 nitrogen and oxygen atoms in total. The van der Waals surface area contributed by atoms with Crippen molar-refractivity contribution < 1.29 is 0 Å². The van der Waals surface area contributed by atoms with E-state index in [0.29, 0.717) is 12.1 Å². The highest BCUT2D eigenvalue weighted by atomic mass is 15.3. The first-order chi connectivity index (χ1) is 9.54. The number of para-hydroxylation sites is 1. The van der Waals surface area contributed by atoms with Crippen LogP contribution < -0.4 is 4.90 Å². The Labute approximate surface area is 121 Å². The molecule has 0 N–H and O–H groups in total. The van der Waals surface area contributed by atoms with Crippen molar-refractivity contribution in [2.75, 3.05) is 4.90 Å². The van der Waals surface area contributed by atoms with Crippen molar-refractivity contribution in [3.8, 4) is 0 Å². The summed E-state index contributed by atoms with van der Waals surface area (Å²) in [5, 5.41) is 0. The van der Waals surface area contributed by atoms with Gasteiger partial charge in [-0.1, -0.05) is 25.1 Å². The van der Waals surface area contributed by atoms with E-state index in [2.05, 4.69) is 73.8 Å². The fraction of sp³-hybridized carbons (Fsp3) is 0.444. The first-order valence-electron chi connectivity index (χ1n) is 7.53. The van der Waals surface area contributed by atoms with Gasteiger partial charge in [0, 0.05) is 36.1 Å². The van der Waals surface area contributed by atoms with Gasteiger partial charge in [-0.15, -0.1) is 0 Å². The fourth-order valence-electron chi connectivity index (χ4n) is 4.58. The Morgan fingerprint density at radius 3 is 2.70 bits per heavy atom. The molecule has 2 heteroatoms. The van der Waals surface area contributed by atoms with Gasteiger partial charge in [-0.3, -0.25) is 0 Å². The van der Waals surface area contributed by atoms with Crippen LogP contribution in [0.1, 0.15) is 43.1 Å². The zero-order valence-electron chi connectivity index (χ0n) is 12.7. The Kier molecular flexibility index (Phi) is 2.23. The van der Waals surface area contributed by atoms with Gasteiger partial charge in [-0.05, 0) is 43.5 Å². The Hall–Kier alpha value is -1.70. The number of fused-ring (bicyclic) bond motifs is 5. The van der Waals surface area contributed by atoms with Crippen LogP contribution in [0.2, 0.25) is 0 Å². The summed E-state index contributed by atoms with van der Waals surface area (Å²) >= 11 is 0. The maximum atomic E-state index is 2.65. The zero-order chi connectivity index (χ0) is 14.1. The molecule has 1 aromatic heterocycles. The summed E-state index contributed by atoms with van der Waals surface area (Å²) < 4.78 is 2.33. The number of hydrogen-bond acceptors (Lipinski definition) is 1.